The maximum absolute atomic E-state index is 6.47. The standard InChI is InChI=1S/C17H25N/c1-13-10-11-16(14(2)12-13)17(18)15-8-6-4-3-5-7-9-15/h8,10-12,17H,3-7,9,18H2,1-2H3/b15-8+. The topological polar surface area (TPSA) is 26.0 Å². The zero-order valence-corrected chi connectivity index (χ0v) is 11.7. The normalized spacial score (nSPS) is 21.6. The molecule has 0 fully saturated rings. The summed E-state index contributed by atoms with van der Waals surface area (Å²) in [6, 6.07) is 6.71. The number of benzene rings is 1. The number of rotatable bonds is 2. The molecule has 18 heavy (non-hydrogen) atoms. The van der Waals surface area contributed by atoms with E-state index in [0.717, 1.165) is 0 Å². The molecule has 0 heterocycles. The van der Waals surface area contributed by atoms with E-state index in [1.165, 1.54) is 60.8 Å². The van der Waals surface area contributed by atoms with Gasteiger partial charge in [-0.05, 0) is 50.7 Å². The second-order valence-electron chi connectivity index (χ2n) is 5.57. The molecule has 1 aliphatic carbocycles. The monoisotopic (exact) mass is 243 g/mol. The van der Waals surface area contributed by atoms with E-state index in [1.807, 2.05) is 0 Å². The van der Waals surface area contributed by atoms with Crippen molar-refractivity contribution in [1.29, 1.82) is 0 Å². The molecule has 2 N–H and O–H groups in total. The average molecular weight is 243 g/mol. The van der Waals surface area contributed by atoms with Gasteiger partial charge in [-0.2, -0.15) is 0 Å². The highest BCUT2D eigenvalue weighted by Gasteiger charge is 2.14. The van der Waals surface area contributed by atoms with E-state index in [2.05, 4.69) is 38.1 Å². The van der Waals surface area contributed by atoms with Gasteiger partial charge in [-0.1, -0.05) is 48.3 Å². The van der Waals surface area contributed by atoms with Crippen molar-refractivity contribution in [3.8, 4) is 0 Å². The molecule has 1 unspecified atom stereocenters. The summed E-state index contributed by atoms with van der Waals surface area (Å²) in [5.41, 5.74) is 11.9. The minimum atomic E-state index is 0.101. The molecule has 1 aromatic rings. The number of hydrogen-bond acceptors (Lipinski definition) is 1. The van der Waals surface area contributed by atoms with Gasteiger partial charge in [0.15, 0.2) is 0 Å². The van der Waals surface area contributed by atoms with Crippen molar-refractivity contribution in [3.05, 3.63) is 46.5 Å². The Bertz CT molecular complexity index is 431. The van der Waals surface area contributed by atoms with Gasteiger partial charge in [0.1, 0.15) is 0 Å². The summed E-state index contributed by atoms with van der Waals surface area (Å²) in [4.78, 5) is 0. The van der Waals surface area contributed by atoms with Gasteiger partial charge in [0.05, 0.1) is 6.04 Å². The lowest BCUT2D eigenvalue weighted by molar-refractivity contribution is 0.602. The van der Waals surface area contributed by atoms with E-state index < -0.39 is 0 Å². The second-order valence-corrected chi connectivity index (χ2v) is 5.57. The Kier molecular flexibility index (Phi) is 4.60. The van der Waals surface area contributed by atoms with Crippen molar-refractivity contribution in [3.63, 3.8) is 0 Å². The summed E-state index contributed by atoms with van der Waals surface area (Å²) in [5.74, 6) is 0. The lowest BCUT2D eigenvalue weighted by Crippen LogP contribution is -2.15. The molecule has 0 amide bonds. The van der Waals surface area contributed by atoms with Crippen LogP contribution in [0.5, 0.6) is 0 Å². The second kappa shape index (κ2) is 6.19. The van der Waals surface area contributed by atoms with Gasteiger partial charge < -0.3 is 5.73 Å². The Labute approximate surface area is 111 Å². The molecule has 0 aromatic heterocycles. The van der Waals surface area contributed by atoms with Crippen molar-refractivity contribution < 1.29 is 0 Å². The molecule has 2 rings (SSSR count). The summed E-state index contributed by atoms with van der Waals surface area (Å²) in [7, 11) is 0. The van der Waals surface area contributed by atoms with Gasteiger partial charge in [-0.25, -0.2) is 0 Å². The van der Waals surface area contributed by atoms with Gasteiger partial charge in [-0.3, -0.25) is 0 Å². The molecule has 0 saturated heterocycles. The summed E-state index contributed by atoms with van der Waals surface area (Å²) < 4.78 is 0. The van der Waals surface area contributed by atoms with Gasteiger partial charge in [0, 0.05) is 0 Å². The third-order valence-corrected chi connectivity index (χ3v) is 3.99. The summed E-state index contributed by atoms with van der Waals surface area (Å²) in [6.45, 7) is 4.31. The molecule has 1 aromatic carbocycles. The van der Waals surface area contributed by atoms with E-state index in [9.17, 15) is 0 Å². The minimum Gasteiger partial charge on any atom is -0.321 e. The molecule has 1 heteroatoms. The zero-order chi connectivity index (χ0) is 13.0. The predicted molar refractivity (Wildman–Crippen MR) is 78.6 cm³/mol. The first-order valence-corrected chi connectivity index (χ1v) is 7.20. The summed E-state index contributed by atoms with van der Waals surface area (Å²) in [5, 5.41) is 0. The van der Waals surface area contributed by atoms with Gasteiger partial charge in [0.25, 0.3) is 0 Å². The molecular weight excluding hydrogens is 218 g/mol. The van der Waals surface area contributed by atoms with Crippen LogP contribution >= 0.6 is 0 Å². The predicted octanol–water partition coefficient (Wildman–Crippen LogP) is 4.58. The average Bonchev–Trinajstić information content (AvgIpc) is 2.27. The molecule has 0 bridgehead atoms. The van der Waals surface area contributed by atoms with Crippen LogP contribution in [0.3, 0.4) is 0 Å². The first-order chi connectivity index (χ1) is 8.68. The molecular formula is C17H25N. The van der Waals surface area contributed by atoms with Crippen molar-refractivity contribution in [2.24, 2.45) is 5.73 Å². The highest BCUT2D eigenvalue weighted by atomic mass is 14.6. The first kappa shape index (κ1) is 13.4. The number of aryl methyl sites for hydroxylation is 2. The van der Waals surface area contributed by atoms with E-state index >= 15 is 0 Å². The maximum atomic E-state index is 6.47. The van der Waals surface area contributed by atoms with Crippen LogP contribution in [0.4, 0.5) is 0 Å². The fourth-order valence-corrected chi connectivity index (χ4v) is 2.87. The quantitative estimate of drug-likeness (QED) is 0.756. The molecule has 1 nitrogen and oxygen atoms in total. The molecule has 1 aliphatic rings. The van der Waals surface area contributed by atoms with Gasteiger partial charge in [0.2, 0.25) is 0 Å². The molecule has 0 radical (unpaired) electrons. The van der Waals surface area contributed by atoms with Crippen molar-refractivity contribution >= 4 is 0 Å². The van der Waals surface area contributed by atoms with Gasteiger partial charge in [-0.15, -0.1) is 0 Å². The highest BCUT2D eigenvalue weighted by molar-refractivity contribution is 5.37. The Morgan fingerprint density at radius 1 is 1.06 bits per heavy atom. The molecule has 1 atom stereocenters. The van der Waals surface area contributed by atoms with Crippen LogP contribution in [0.1, 0.15) is 61.3 Å². The van der Waals surface area contributed by atoms with Crippen LogP contribution in [0.25, 0.3) is 0 Å². The fourth-order valence-electron chi connectivity index (χ4n) is 2.87. The van der Waals surface area contributed by atoms with E-state index in [0.29, 0.717) is 0 Å². The largest absolute Gasteiger partial charge is 0.321 e. The van der Waals surface area contributed by atoms with Crippen LogP contribution in [-0.4, -0.2) is 0 Å². The lowest BCUT2D eigenvalue weighted by Gasteiger charge is -2.20. The van der Waals surface area contributed by atoms with Crippen molar-refractivity contribution in [1.82, 2.24) is 0 Å². The zero-order valence-electron chi connectivity index (χ0n) is 11.7. The summed E-state index contributed by atoms with van der Waals surface area (Å²) >= 11 is 0. The van der Waals surface area contributed by atoms with Crippen LogP contribution in [-0.2, 0) is 0 Å². The number of nitrogens with two attached hydrogens (primary N) is 1. The summed E-state index contributed by atoms with van der Waals surface area (Å²) in [6.07, 6.45) is 10.1. The molecule has 98 valence electrons. The maximum Gasteiger partial charge on any atom is 0.0513 e. The van der Waals surface area contributed by atoms with Crippen LogP contribution < -0.4 is 5.73 Å². The van der Waals surface area contributed by atoms with Crippen molar-refractivity contribution in [2.45, 2.75) is 58.4 Å². The Morgan fingerprint density at radius 2 is 1.83 bits per heavy atom. The molecule has 0 aliphatic heterocycles. The molecule has 0 saturated carbocycles. The Morgan fingerprint density at radius 3 is 2.61 bits per heavy atom. The van der Waals surface area contributed by atoms with E-state index in [-0.39, 0.29) is 6.04 Å². The third-order valence-electron chi connectivity index (χ3n) is 3.99. The lowest BCUT2D eigenvalue weighted by atomic mass is 9.89. The van der Waals surface area contributed by atoms with Crippen LogP contribution in [0.2, 0.25) is 0 Å². The highest BCUT2D eigenvalue weighted by Crippen LogP contribution is 2.29. The SMILES string of the molecule is Cc1ccc(C(N)/C2=C/CCCCCC2)c(C)c1. The first-order valence-electron chi connectivity index (χ1n) is 7.20. The Balaban J connectivity index is 2.20. The van der Waals surface area contributed by atoms with Crippen LogP contribution in [0.15, 0.2) is 29.8 Å². The number of allylic oxidation sites excluding steroid dienone is 1. The smallest absolute Gasteiger partial charge is 0.0513 e. The van der Waals surface area contributed by atoms with E-state index in [1.54, 1.807) is 0 Å². The molecule has 0 spiro atoms. The minimum absolute atomic E-state index is 0.101. The van der Waals surface area contributed by atoms with Crippen LogP contribution in [0, 0.1) is 13.8 Å². The van der Waals surface area contributed by atoms with E-state index in [4.69, 9.17) is 5.73 Å². The van der Waals surface area contributed by atoms with Crippen molar-refractivity contribution in [2.75, 3.05) is 0 Å². The number of hydrogen-bond donors (Lipinski definition) is 1. The Hall–Kier alpha value is -1.08. The van der Waals surface area contributed by atoms with Gasteiger partial charge >= 0.3 is 0 Å². The third kappa shape index (κ3) is 3.23. The fraction of sp³-hybridized carbons (Fsp3) is 0.529.